The van der Waals surface area contributed by atoms with Gasteiger partial charge in [-0.25, -0.2) is 115 Å². The number of aryl methyl sites for hydroxylation is 4. The van der Waals surface area contributed by atoms with E-state index in [1.165, 1.54) is 80.1 Å². The number of sulfonamides is 4. The number of benzene rings is 8. The summed E-state index contributed by atoms with van der Waals surface area (Å²) in [5, 5.41) is 48.1. The first-order valence-electron chi connectivity index (χ1n) is 43.1. The van der Waals surface area contributed by atoms with Gasteiger partial charge in [0.15, 0.2) is 23.3 Å². The number of aliphatic hydroxyl groups excluding tert-OH is 1. The van der Waals surface area contributed by atoms with E-state index < -0.39 is 69.5 Å². The summed E-state index contributed by atoms with van der Waals surface area (Å²) in [7, 11) is -16.1. The number of halogens is 5. The topological polar surface area (TPSA) is 415 Å². The molecule has 0 radical (unpaired) electrons. The number of aromatic nitrogens is 12. The minimum Gasteiger partial charge on any atom is -0.395 e. The van der Waals surface area contributed by atoms with E-state index in [0.717, 1.165) is 121 Å². The van der Waals surface area contributed by atoms with Gasteiger partial charge in [0, 0.05) is 71.6 Å². The summed E-state index contributed by atoms with van der Waals surface area (Å²) in [6.45, 7) is 20.7. The third-order valence-electron chi connectivity index (χ3n) is 22.4. The van der Waals surface area contributed by atoms with Crippen molar-refractivity contribution in [2.75, 3.05) is 72.2 Å². The van der Waals surface area contributed by atoms with Gasteiger partial charge in [0.05, 0.1) is 71.2 Å². The van der Waals surface area contributed by atoms with E-state index in [1.807, 2.05) is 136 Å². The molecule has 0 bridgehead atoms. The van der Waals surface area contributed by atoms with Crippen LogP contribution in [0.15, 0.2) is 189 Å². The summed E-state index contributed by atoms with van der Waals surface area (Å²) in [5.74, 6) is 1.92. The van der Waals surface area contributed by atoms with Crippen LogP contribution in [0.5, 0.6) is 0 Å². The molecule has 1 aliphatic carbocycles. The van der Waals surface area contributed by atoms with Crippen molar-refractivity contribution in [2.45, 2.75) is 170 Å². The first-order valence-corrected chi connectivity index (χ1v) is 49.3. The molecule has 40 heteroatoms. The number of piperidine rings is 1. The summed E-state index contributed by atoms with van der Waals surface area (Å²) >= 11 is 0. The molecule has 0 amide bonds. The molecule has 7 heterocycles. The second-order valence-corrected chi connectivity index (χ2v) is 39.5. The zero-order valence-electron chi connectivity index (χ0n) is 73.7. The van der Waals surface area contributed by atoms with Gasteiger partial charge in [-0.2, -0.15) is 0 Å². The van der Waals surface area contributed by atoms with E-state index in [9.17, 15) is 51.9 Å². The zero-order valence-corrected chi connectivity index (χ0v) is 76.9. The molecule has 4 fully saturated rings. The van der Waals surface area contributed by atoms with Crippen LogP contribution in [-0.2, 0) is 101 Å². The van der Waals surface area contributed by atoms with E-state index in [0.29, 0.717) is 144 Å². The summed E-state index contributed by atoms with van der Waals surface area (Å²) < 4.78 is 184. The smallest absolute Gasteiger partial charge is 0.238 e. The molecule has 4 aromatic heterocycles. The van der Waals surface area contributed by atoms with Crippen LogP contribution in [0, 0.1) is 56.9 Å². The molecule has 8 aromatic carbocycles. The maximum absolute atomic E-state index is 15.0. The number of aliphatic hydroxyl groups is 1. The largest absolute Gasteiger partial charge is 0.395 e. The Balaban J connectivity index is 0.000000149. The number of alkyl halides is 1. The van der Waals surface area contributed by atoms with Crippen LogP contribution in [-0.4, -0.2) is 208 Å². The van der Waals surface area contributed by atoms with E-state index in [1.54, 1.807) is 0 Å². The van der Waals surface area contributed by atoms with Gasteiger partial charge in [-0.05, 0) is 187 Å². The van der Waals surface area contributed by atoms with Gasteiger partial charge in [-0.1, -0.05) is 126 Å². The highest BCUT2D eigenvalue weighted by Crippen LogP contribution is 2.36. The van der Waals surface area contributed by atoms with Crippen molar-refractivity contribution in [3.63, 3.8) is 0 Å². The highest BCUT2D eigenvalue weighted by Gasteiger charge is 2.36. The van der Waals surface area contributed by atoms with Crippen molar-refractivity contribution in [1.82, 2.24) is 78.7 Å². The van der Waals surface area contributed by atoms with Crippen molar-refractivity contribution in [2.24, 2.45) is 26.5 Å². The van der Waals surface area contributed by atoms with Crippen LogP contribution in [0.1, 0.15) is 143 Å². The fourth-order valence-corrected chi connectivity index (χ4v) is 18.1. The summed E-state index contributed by atoms with van der Waals surface area (Å²) in [6.07, 6.45) is 7.19. The third-order valence-corrected chi connectivity index (χ3v) is 26.0. The van der Waals surface area contributed by atoms with E-state index in [-0.39, 0.29) is 61.1 Å². The Morgan fingerprint density at radius 3 is 1.10 bits per heavy atom. The number of primary sulfonamides is 4. The Kier molecular flexibility index (Phi) is 32.4. The molecule has 3 atom stereocenters. The lowest BCUT2D eigenvalue weighted by Crippen LogP contribution is -2.43. The number of nitrogens with two attached hydrogens (primary N) is 4. The maximum atomic E-state index is 15.0. The Hall–Kier alpha value is -10.7. The molecular formula is C91H109F5N20O11S4. The lowest BCUT2D eigenvalue weighted by atomic mass is 10.1. The van der Waals surface area contributed by atoms with Gasteiger partial charge in [0.25, 0.3) is 0 Å². The minimum atomic E-state index is -4.03. The maximum Gasteiger partial charge on any atom is 0.238 e. The lowest BCUT2D eigenvalue weighted by molar-refractivity contribution is -0.0425. The Labute approximate surface area is 759 Å². The average Bonchev–Trinajstić information content (AvgIpc) is 1.67. The number of hydrogen-bond acceptors (Lipinski definition) is 23. The molecule has 3 unspecified atom stereocenters. The van der Waals surface area contributed by atoms with Crippen molar-refractivity contribution in [3.05, 3.63) is 284 Å². The number of nitrogens with zero attached hydrogens (tertiary/aromatic N) is 16. The Bertz CT molecular complexity index is 6490. The van der Waals surface area contributed by atoms with Gasteiger partial charge in [0.2, 0.25) is 40.1 Å². The summed E-state index contributed by atoms with van der Waals surface area (Å²) in [6, 6.07) is 45.9. The van der Waals surface area contributed by atoms with Gasteiger partial charge < -0.3 is 14.6 Å². The SMILES string of the molecule is CCCN(CCO)Cc1nc(Cc2cccc(C)c2)n(-c2ccc(S(N)(=O)=O)cc2F)n1.CCOC1CCCN(Cc2nc(Cc3cccc(C)c3)n(-c3ccc(S(N)(=O)=O)cc3F)n2)C1.Cc1cccc(Cc2nc(CN3CCC(F)C3)nn2-c2ccc(S(N)(=O)=O)cc2F)c1.Cc1cccc(Cc2nc(CN3CCOC(C4CC4)C3)nn2-c2ccc(S(N)(=O)=O)cc2F)c1. The highest BCUT2D eigenvalue weighted by molar-refractivity contribution is 7.90. The molecule has 16 rings (SSSR count). The molecule has 3 aliphatic heterocycles. The molecule has 698 valence electrons. The van der Waals surface area contributed by atoms with Crippen LogP contribution in [0.25, 0.3) is 22.7 Å². The van der Waals surface area contributed by atoms with Crippen molar-refractivity contribution >= 4 is 40.1 Å². The molecule has 31 nitrogen and oxygen atoms in total. The number of hydrogen-bond donors (Lipinski definition) is 5. The van der Waals surface area contributed by atoms with Crippen molar-refractivity contribution in [1.29, 1.82) is 0 Å². The molecule has 4 aliphatic rings. The van der Waals surface area contributed by atoms with Gasteiger partial charge in [-0.15, -0.1) is 20.4 Å². The number of ether oxygens (including phenoxy) is 2. The summed E-state index contributed by atoms with van der Waals surface area (Å²) in [4.78, 5) is 26.0. The summed E-state index contributed by atoms with van der Waals surface area (Å²) in [5.41, 5.74) is 8.84. The second kappa shape index (κ2) is 43.3. The quantitative estimate of drug-likeness (QED) is 0.0252. The fourth-order valence-electron chi connectivity index (χ4n) is 16.0. The average molecular weight is 1880 g/mol. The molecule has 12 aromatic rings. The Morgan fingerprint density at radius 2 is 0.786 bits per heavy atom. The van der Waals surface area contributed by atoms with Crippen LogP contribution in [0.2, 0.25) is 0 Å². The standard InChI is InChI=1S/C24H28FN5O3S.C24H30FN5O3S.C22H28FN5O3S.C21H23F2N5O2S/c1-16-3-2-4-17(11-16)12-24-27-23(15-29-9-10-33-22(14-29)18-5-6-18)28-30(24)21-8-7-19(13-20(21)25)34(26,31)32;1-3-33-19-8-5-11-29(15-19)16-23-27-24(13-18-7-4-6-17(2)12-18)30(28-23)22-10-9-20(14-21(22)25)34(26,31)32;1-3-9-27(10-11-29)15-21-25-22(13-17-6-4-5-16(2)12-17)28(26-21)20-8-7-18(14-19(20)23)32(24,30)31;1-14-3-2-4-15(9-14)10-21-25-20(13-27-8-7-16(22)12-27)26-28(21)19-6-5-17(11-18(19)23)31(24,29)30/h2-4,7-8,11,13,18,22H,5-6,9-10,12,14-15H2,1H3,(H2,26,31,32);4,6-7,9-10,12,14,19H,3,5,8,11,13,15-16H2,1-2H3,(H2,26,31,32);4-8,12,14,29H,3,9-11,13,15H2,1-2H3,(H2,24,30,31);2-6,9,11,16H,7-8,10,12-13H2,1H3,(H2,24,29,30). The Morgan fingerprint density at radius 1 is 0.435 bits per heavy atom. The number of morpholine rings is 1. The minimum absolute atomic E-state index is 0.0144. The zero-order chi connectivity index (χ0) is 93.6. The highest BCUT2D eigenvalue weighted by atomic mass is 32.2. The predicted molar refractivity (Wildman–Crippen MR) is 482 cm³/mol. The van der Waals surface area contributed by atoms with Crippen LogP contribution in [0.4, 0.5) is 22.0 Å². The molecule has 0 spiro atoms. The van der Waals surface area contributed by atoms with Crippen molar-refractivity contribution in [3.8, 4) is 22.7 Å². The first kappa shape index (κ1) is 97.8. The molecular weight excluding hydrogens is 1770 g/mol. The van der Waals surface area contributed by atoms with Gasteiger partial charge in [-0.3, -0.25) is 19.6 Å². The number of rotatable bonds is 31. The van der Waals surface area contributed by atoms with Gasteiger partial charge in [0.1, 0.15) is 75.5 Å². The van der Waals surface area contributed by atoms with E-state index >= 15 is 8.78 Å². The van der Waals surface area contributed by atoms with Gasteiger partial charge >= 0.3 is 0 Å². The van der Waals surface area contributed by atoms with Crippen LogP contribution < -0.4 is 20.6 Å². The van der Waals surface area contributed by atoms with Crippen molar-refractivity contribution < 1.29 is 70.2 Å². The predicted octanol–water partition coefficient (Wildman–Crippen LogP) is 10.2. The molecule has 3 saturated heterocycles. The van der Waals surface area contributed by atoms with Crippen LogP contribution >= 0.6 is 0 Å². The molecule has 9 N–H and O–H groups in total. The normalized spacial score (nSPS) is 16.5. The third kappa shape index (κ3) is 27.1. The molecule has 131 heavy (non-hydrogen) atoms. The first-order chi connectivity index (χ1) is 62.4. The molecule has 1 saturated carbocycles. The monoisotopic (exact) mass is 1880 g/mol. The van der Waals surface area contributed by atoms with E-state index in [2.05, 4.69) is 52.3 Å². The van der Waals surface area contributed by atoms with Crippen LogP contribution in [0.3, 0.4) is 0 Å². The number of likely N-dealkylation sites (tertiary alicyclic amines) is 2. The lowest BCUT2D eigenvalue weighted by Gasteiger charge is -2.32. The van der Waals surface area contributed by atoms with E-state index in [4.69, 9.17) is 40.0 Å². The fraction of sp³-hybridized carbons (Fsp3) is 0.385. The second-order valence-electron chi connectivity index (χ2n) is 33.3.